The van der Waals surface area contributed by atoms with Crippen LogP contribution in [0.4, 0.5) is 0 Å². The maximum atomic E-state index is 12.1. The van der Waals surface area contributed by atoms with Crippen molar-refractivity contribution in [3.05, 3.63) is 28.8 Å². The Kier molecular flexibility index (Phi) is 5.20. The molecule has 22 heavy (non-hydrogen) atoms. The molecule has 1 aliphatic rings. The standard InChI is InChI=1S/C14H18ClN3O3S/c1-9-3-2-4-11(7-9)17-18-14(19)10-5-6-12(15)13(8-10)22(16,20)21/h5-6,8-9H,2-4,7H2,1H3,(H,18,19)(H2,16,20,21)/b17-11-/t9-/m0/s1. The summed E-state index contributed by atoms with van der Waals surface area (Å²) in [5, 5.41) is 9.17. The maximum Gasteiger partial charge on any atom is 0.271 e. The molecule has 0 spiro atoms. The lowest BCUT2D eigenvalue weighted by molar-refractivity contribution is 0.0954. The monoisotopic (exact) mass is 343 g/mol. The van der Waals surface area contributed by atoms with E-state index in [4.69, 9.17) is 16.7 Å². The molecule has 1 aromatic rings. The molecule has 0 radical (unpaired) electrons. The molecule has 0 aromatic heterocycles. The molecule has 2 rings (SSSR count). The first-order chi connectivity index (χ1) is 10.3. The van der Waals surface area contributed by atoms with Crippen LogP contribution in [0.15, 0.2) is 28.2 Å². The molecule has 8 heteroatoms. The third-order valence-electron chi connectivity index (χ3n) is 3.56. The smallest absolute Gasteiger partial charge is 0.267 e. The van der Waals surface area contributed by atoms with Crippen LogP contribution >= 0.6 is 11.6 Å². The van der Waals surface area contributed by atoms with Gasteiger partial charge in [0.1, 0.15) is 4.90 Å². The second-order valence-corrected chi connectivity index (χ2v) is 7.45. The van der Waals surface area contributed by atoms with Gasteiger partial charge < -0.3 is 0 Å². The summed E-state index contributed by atoms with van der Waals surface area (Å²) in [6.07, 6.45) is 3.96. The van der Waals surface area contributed by atoms with E-state index in [0.717, 1.165) is 31.0 Å². The molecule has 0 unspecified atom stereocenters. The number of hydrogen-bond donors (Lipinski definition) is 2. The third kappa shape index (κ3) is 4.28. The number of nitrogens with zero attached hydrogens (tertiary/aromatic N) is 1. The van der Waals surface area contributed by atoms with E-state index in [0.29, 0.717) is 5.92 Å². The Morgan fingerprint density at radius 2 is 2.18 bits per heavy atom. The lowest BCUT2D eigenvalue weighted by Crippen LogP contribution is -2.23. The first-order valence-electron chi connectivity index (χ1n) is 6.95. The van der Waals surface area contributed by atoms with E-state index >= 15 is 0 Å². The van der Waals surface area contributed by atoms with Gasteiger partial charge in [0.15, 0.2) is 0 Å². The molecule has 0 aliphatic heterocycles. The second kappa shape index (κ2) is 6.76. The Bertz CT molecular complexity index is 716. The largest absolute Gasteiger partial charge is 0.271 e. The predicted octanol–water partition coefficient (Wildman–Crippen LogP) is 2.28. The Morgan fingerprint density at radius 3 is 2.82 bits per heavy atom. The van der Waals surface area contributed by atoms with Gasteiger partial charge in [0.2, 0.25) is 10.0 Å². The first-order valence-corrected chi connectivity index (χ1v) is 8.88. The number of rotatable bonds is 3. The first kappa shape index (κ1) is 16.9. The van der Waals surface area contributed by atoms with Crippen LogP contribution in [0, 0.1) is 5.92 Å². The third-order valence-corrected chi connectivity index (χ3v) is 4.95. The molecule has 1 fully saturated rings. The summed E-state index contributed by atoms with van der Waals surface area (Å²) in [7, 11) is -3.98. The van der Waals surface area contributed by atoms with E-state index in [1.165, 1.54) is 18.6 Å². The van der Waals surface area contributed by atoms with Crippen molar-refractivity contribution in [2.45, 2.75) is 37.5 Å². The van der Waals surface area contributed by atoms with Gasteiger partial charge in [-0.2, -0.15) is 5.10 Å². The number of sulfonamides is 1. The van der Waals surface area contributed by atoms with Crippen molar-refractivity contribution < 1.29 is 13.2 Å². The molecule has 3 N–H and O–H groups in total. The van der Waals surface area contributed by atoms with E-state index in [-0.39, 0.29) is 15.5 Å². The molecular weight excluding hydrogens is 326 g/mol. The minimum Gasteiger partial charge on any atom is -0.267 e. The van der Waals surface area contributed by atoms with Gasteiger partial charge in [0, 0.05) is 11.3 Å². The van der Waals surface area contributed by atoms with Crippen LogP contribution in [0.2, 0.25) is 5.02 Å². The van der Waals surface area contributed by atoms with Crippen LogP contribution in [0.1, 0.15) is 43.0 Å². The fourth-order valence-corrected chi connectivity index (χ4v) is 3.49. The van der Waals surface area contributed by atoms with Gasteiger partial charge in [0.25, 0.3) is 5.91 Å². The van der Waals surface area contributed by atoms with Crippen molar-refractivity contribution in [3.63, 3.8) is 0 Å². The molecule has 0 bridgehead atoms. The number of benzene rings is 1. The highest BCUT2D eigenvalue weighted by Crippen LogP contribution is 2.22. The van der Waals surface area contributed by atoms with Gasteiger partial charge in [-0.1, -0.05) is 18.5 Å². The molecule has 1 aromatic carbocycles. The van der Waals surface area contributed by atoms with Gasteiger partial charge in [-0.15, -0.1) is 0 Å². The Hall–Kier alpha value is -1.44. The summed E-state index contributed by atoms with van der Waals surface area (Å²) in [6, 6.07) is 3.90. The molecule has 0 heterocycles. The molecule has 120 valence electrons. The fraction of sp³-hybridized carbons (Fsp3) is 0.429. The van der Waals surface area contributed by atoms with Crippen LogP contribution < -0.4 is 10.6 Å². The molecule has 1 saturated carbocycles. The minimum atomic E-state index is -3.98. The van der Waals surface area contributed by atoms with Gasteiger partial charge in [-0.25, -0.2) is 19.0 Å². The zero-order chi connectivity index (χ0) is 16.3. The Morgan fingerprint density at radius 1 is 1.45 bits per heavy atom. The zero-order valence-corrected chi connectivity index (χ0v) is 13.7. The lowest BCUT2D eigenvalue weighted by atomic mass is 9.89. The summed E-state index contributed by atoms with van der Waals surface area (Å²) >= 11 is 5.78. The summed E-state index contributed by atoms with van der Waals surface area (Å²) in [5.74, 6) is 0.0706. The van der Waals surface area contributed by atoms with Gasteiger partial charge >= 0.3 is 0 Å². The molecule has 1 amide bonds. The topological polar surface area (TPSA) is 102 Å². The number of hydrogen-bond acceptors (Lipinski definition) is 4. The lowest BCUT2D eigenvalue weighted by Gasteiger charge is -2.18. The Labute approximate surface area is 134 Å². The van der Waals surface area contributed by atoms with Crippen LogP contribution in [-0.2, 0) is 10.0 Å². The number of halogens is 1. The predicted molar refractivity (Wildman–Crippen MR) is 85.4 cm³/mol. The van der Waals surface area contributed by atoms with E-state index in [1.54, 1.807) is 0 Å². The second-order valence-electron chi connectivity index (χ2n) is 5.51. The number of nitrogens with two attached hydrogens (primary N) is 1. The molecule has 1 aliphatic carbocycles. The Balaban J connectivity index is 2.15. The number of carbonyl (C=O) groups excluding carboxylic acids is 1. The van der Waals surface area contributed by atoms with Crippen molar-refractivity contribution in [1.29, 1.82) is 0 Å². The van der Waals surface area contributed by atoms with Gasteiger partial charge in [-0.3, -0.25) is 4.79 Å². The van der Waals surface area contributed by atoms with E-state index in [9.17, 15) is 13.2 Å². The van der Waals surface area contributed by atoms with Crippen LogP contribution in [0.5, 0.6) is 0 Å². The van der Waals surface area contributed by atoms with Gasteiger partial charge in [0.05, 0.1) is 5.02 Å². The summed E-state index contributed by atoms with van der Waals surface area (Å²) in [4.78, 5) is 11.8. The van der Waals surface area contributed by atoms with Crippen LogP contribution in [0.3, 0.4) is 0 Å². The molecule has 1 atom stereocenters. The quantitative estimate of drug-likeness (QED) is 0.823. The van der Waals surface area contributed by atoms with Crippen molar-refractivity contribution in [2.75, 3.05) is 0 Å². The average Bonchev–Trinajstić information content (AvgIpc) is 2.44. The van der Waals surface area contributed by atoms with Crippen LogP contribution in [-0.4, -0.2) is 20.0 Å². The molecular formula is C14H18ClN3O3S. The van der Waals surface area contributed by atoms with Crippen molar-refractivity contribution in [3.8, 4) is 0 Å². The zero-order valence-electron chi connectivity index (χ0n) is 12.2. The highest BCUT2D eigenvalue weighted by atomic mass is 35.5. The SMILES string of the molecule is C[C@H]1CCC/C(=N/NC(=O)c2ccc(Cl)c(S(N)(=O)=O)c2)C1. The maximum absolute atomic E-state index is 12.1. The van der Waals surface area contributed by atoms with Crippen molar-refractivity contribution in [1.82, 2.24) is 5.43 Å². The summed E-state index contributed by atoms with van der Waals surface area (Å²) in [5.41, 5.74) is 3.55. The van der Waals surface area contributed by atoms with E-state index in [1.807, 2.05) is 0 Å². The minimum absolute atomic E-state index is 0.0218. The van der Waals surface area contributed by atoms with Crippen LogP contribution in [0.25, 0.3) is 0 Å². The van der Waals surface area contributed by atoms with Crippen molar-refractivity contribution >= 4 is 33.2 Å². The van der Waals surface area contributed by atoms with E-state index < -0.39 is 15.9 Å². The highest BCUT2D eigenvalue weighted by molar-refractivity contribution is 7.89. The number of primary sulfonamides is 1. The van der Waals surface area contributed by atoms with E-state index in [2.05, 4.69) is 17.5 Å². The summed E-state index contributed by atoms with van der Waals surface area (Å²) in [6.45, 7) is 2.15. The fourth-order valence-electron chi connectivity index (χ4n) is 2.42. The summed E-state index contributed by atoms with van der Waals surface area (Å²) < 4.78 is 22.8. The number of hydrazone groups is 1. The average molecular weight is 344 g/mol. The highest BCUT2D eigenvalue weighted by Gasteiger charge is 2.17. The number of carbonyl (C=O) groups is 1. The molecule has 0 saturated heterocycles. The normalized spacial score (nSPS) is 20.9. The number of nitrogens with one attached hydrogen (secondary N) is 1. The van der Waals surface area contributed by atoms with Gasteiger partial charge in [-0.05, 0) is 49.8 Å². The number of amides is 1. The molecule has 6 nitrogen and oxygen atoms in total. The van der Waals surface area contributed by atoms with Crippen molar-refractivity contribution in [2.24, 2.45) is 16.2 Å².